The van der Waals surface area contributed by atoms with Gasteiger partial charge in [-0.15, -0.1) is 0 Å². The molecule has 1 aromatic carbocycles. The van der Waals surface area contributed by atoms with Crippen molar-refractivity contribution in [3.63, 3.8) is 0 Å². The zero-order valence-electron chi connectivity index (χ0n) is 14.2. The van der Waals surface area contributed by atoms with Gasteiger partial charge in [0.2, 0.25) is 11.8 Å². The van der Waals surface area contributed by atoms with Crippen LogP contribution in [0.5, 0.6) is 0 Å². The predicted octanol–water partition coefficient (Wildman–Crippen LogP) is 1.94. The molecule has 3 rings (SSSR count). The molecule has 1 aromatic rings. The Hall–Kier alpha value is -1.88. The largest absolute Gasteiger partial charge is 0.343 e. The zero-order chi connectivity index (χ0) is 16.9. The Morgan fingerprint density at radius 2 is 1.88 bits per heavy atom. The van der Waals surface area contributed by atoms with Crippen LogP contribution in [0.15, 0.2) is 30.3 Å². The summed E-state index contributed by atoms with van der Waals surface area (Å²) in [5.41, 5.74) is 7.00. The Kier molecular flexibility index (Phi) is 5.51. The lowest BCUT2D eigenvalue weighted by molar-refractivity contribution is -0.134. The summed E-state index contributed by atoms with van der Waals surface area (Å²) < 4.78 is 0. The number of hydrogen-bond donors (Lipinski definition) is 1. The SMILES string of the molecule is N[C@@H](C(=O)N1CCC(CCN2CCCC2=O)CC1)c1ccccc1. The van der Waals surface area contributed by atoms with Gasteiger partial charge in [0.1, 0.15) is 6.04 Å². The lowest BCUT2D eigenvalue weighted by atomic mass is 9.92. The molecular weight excluding hydrogens is 302 g/mol. The van der Waals surface area contributed by atoms with Crippen LogP contribution in [0.25, 0.3) is 0 Å². The van der Waals surface area contributed by atoms with Crippen LogP contribution in [-0.2, 0) is 9.59 Å². The summed E-state index contributed by atoms with van der Waals surface area (Å²) in [6, 6.07) is 9.00. The molecule has 2 saturated heterocycles. The van der Waals surface area contributed by atoms with Crippen molar-refractivity contribution in [3.05, 3.63) is 35.9 Å². The van der Waals surface area contributed by atoms with Crippen LogP contribution in [0.4, 0.5) is 0 Å². The Morgan fingerprint density at radius 3 is 2.50 bits per heavy atom. The number of rotatable bonds is 5. The van der Waals surface area contributed by atoms with Crippen molar-refractivity contribution in [1.29, 1.82) is 0 Å². The van der Waals surface area contributed by atoms with Gasteiger partial charge in [0.25, 0.3) is 0 Å². The molecule has 0 aromatic heterocycles. The van der Waals surface area contributed by atoms with Crippen molar-refractivity contribution in [3.8, 4) is 0 Å². The molecule has 5 nitrogen and oxygen atoms in total. The van der Waals surface area contributed by atoms with Gasteiger partial charge in [-0.3, -0.25) is 9.59 Å². The molecule has 2 aliphatic rings. The number of benzene rings is 1. The monoisotopic (exact) mass is 329 g/mol. The second kappa shape index (κ2) is 7.79. The standard InChI is InChI=1S/C19H27N3O2/c20-18(16-5-2-1-3-6-16)19(24)22-13-9-15(10-14-22)8-12-21-11-4-7-17(21)23/h1-3,5-6,15,18H,4,7-14,20H2/t18-/m1/s1. The average Bonchev–Trinajstić information content (AvgIpc) is 3.05. The van der Waals surface area contributed by atoms with Crippen LogP contribution in [0.3, 0.4) is 0 Å². The highest BCUT2D eigenvalue weighted by Crippen LogP contribution is 2.24. The smallest absolute Gasteiger partial charge is 0.244 e. The predicted molar refractivity (Wildman–Crippen MR) is 93.1 cm³/mol. The Morgan fingerprint density at radius 1 is 1.17 bits per heavy atom. The number of carbonyl (C=O) groups excluding carboxylic acids is 2. The summed E-state index contributed by atoms with van der Waals surface area (Å²) in [5.74, 6) is 0.932. The van der Waals surface area contributed by atoms with Crippen molar-refractivity contribution in [2.75, 3.05) is 26.2 Å². The molecule has 2 fully saturated rings. The van der Waals surface area contributed by atoms with E-state index >= 15 is 0 Å². The molecule has 0 aliphatic carbocycles. The summed E-state index contributed by atoms with van der Waals surface area (Å²) in [7, 11) is 0. The van der Waals surface area contributed by atoms with E-state index in [-0.39, 0.29) is 5.91 Å². The average molecular weight is 329 g/mol. The van der Waals surface area contributed by atoms with Crippen LogP contribution in [0, 0.1) is 5.92 Å². The number of carbonyl (C=O) groups is 2. The highest BCUT2D eigenvalue weighted by Gasteiger charge is 2.28. The molecule has 0 unspecified atom stereocenters. The van der Waals surface area contributed by atoms with Gasteiger partial charge < -0.3 is 15.5 Å². The first-order chi connectivity index (χ1) is 11.6. The van der Waals surface area contributed by atoms with Crippen LogP contribution < -0.4 is 5.73 Å². The highest BCUT2D eigenvalue weighted by molar-refractivity contribution is 5.83. The van der Waals surface area contributed by atoms with E-state index in [0.29, 0.717) is 18.2 Å². The van der Waals surface area contributed by atoms with Gasteiger partial charge in [-0.1, -0.05) is 30.3 Å². The lowest BCUT2D eigenvalue weighted by Crippen LogP contribution is -2.43. The third kappa shape index (κ3) is 3.96. The van der Waals surface area contributed by atoms with E-state index in [9.17, 15) is 9.59 Å². The van der Waals surface area contributed by atoms with E-state index in [4.69, 9.17) is 5.73 Å². The minimum absolute atomic E-state index is 0.0226. The fraction of sp³-hybridized carbons (Fsp3) is 0.579. The second-order valence-corrected chi connectivity index (χ2v) is 6.93. The lowest BCUT2D eigenvalue weighted by Gasteiger charge is -2.34. The van der Waals surface area contributed by atoms with Crippen molar-refractivity contribution in [2.24, 2.45) is 11.7 Å². The van der Waals surface area contributed by atoms with Crippen LogP contribution in [0.2, 0.25) is 0 Å². The maximum absolute atomic E-state index is 12.6. The second-order valence-electron chi connectivity index (χ2n) is 6.93. The molecule has 2 aliphatic heterocycles. The quantitative estimate of drug-likeness (QED) is 0.898. The van der Waals surface area contributed by atoms with Gasteiger partial charge in [-0.25, -0.2) is 0 Å². The first kappa shape index (κ1) is 17.0. The first-order valence-corrected chi connectivity index (χ1v) is 9.02. The zero-order valence-corrected chi connectivity index (χ0v) is 14.2. The van der Waals surface area contributed by atoms with E-state index in [2.05, 4.69) is 0 Å². The molecule has 2 amide bonds. The molecule has 0 bridgehead atoms. The van der Waals surface area contributed by atoms with E-state index in [1.807, 2.05) is 40.1 Å². The first-order valence-electron chi connectivity index (χ1n) is 9.02. The van der Waals surface area contributed by atoms with Gasteiger partial charge in [0.05, 0.1) is 0 Å². The van der Waals surface area contributed by atoms with Gasteiger partial charge in [0.15, 0.2) is 0 Å². The number of nitrogens with zero attached hydrogens (tertiary/aromatic N) is 2. The minimum Gasteiger partial charge on any atom is -0.343 e. The Bertz CT molecular complexity index is 567. The van der Waals surface area contributed by atoms with E-state index in [1.54, 1.807) is 0 Å². The van der Waals surface area contributed by atoms with E-state index in [1.165, 1.54) is 0 Å². The van der Waals surface area contributed by atoms with Crippen LogP contribution >= 0.6 is 0 Å². The third-order valence-electron chi connectivity index (χ3n) is 5.33. The number of nitrogens with two attached hydrogens (primary N) is 1. The molecule has 1 atom stereocenters. The number of hydrogen-bond acceptors (Lipinski definition) is 3. The summed E-state index contributed by atoms with van der Waals surface area (Å²) >= 11 is 0. The topological polar surface area (TPSA) is 66.6 Å². The molecule has 2 N–H and O–H groups in total. The normalized spacial score (nSPS) is 20.5. The summed E-state index contributed by atoms with van der Waals surface area (Å²) in [6.07, 6.45) is 4.79. The molecule has 0 saturated carbocycles. The molecule has 0 spiro atoms. The molecule has 2 heterocycles. The molecule has 5 heteroatoms. The van der Waals surface area contributed by atoms with Crippen molar-refractivity contribution in [1.82, 2.24) is 9.80 Å². The maximum Gasteiger partial charge on any atom is 0.244 e. The fourth-order valence-corrected chi connectivity index (χ4v) is 3.72. The molecule has 0 radical (unpaired) electrons. The highest BCUT2D eigenvalue weighted by atomic mass is 16.2. The van der Waals surface area contributed by atoms with Crippen molar-refractivity contribution >= 4 is 11.8 Å². The Labute approximate surface area is 143 Å². The Balaban J connectivity index is 1.44. The third-order valence-corrected chi connectivity index (χ3v) is 5.33. The summed E-state index contributed by atoms with van der Waals surface area (Å²) in [4.78, 5) is 28.1. The van der Waals surface area contributed by atoms with Gasteiger partial charge in [0, 0.05) is 32.6 Å². The van der Waals surface area contributed by atoms with Crippen molar-refractivity contribution in [2.45, 2.75) is 38.1 Å². The number of piperidine rings is 1. The minimum atomic E-state index is -0.565. The molecule has 130 valence electrons. The number of amides is 2. The maximum atomic E-state index is 12.6. The molecular formula is C19H27N3O2. The fourth-order valence-electron chi connectivity index (χ4n) is 3.72. The van der Waals surface area contributed by atoms with Gasteiger partial charge >= 0.3 is 0 Å². The number of likely N-dealkylation sites (tertiary alicyclic amines) is 2. The van der Waals surface area contributed by atoms with Crippen molar-refractivity contribution < 1.29 is 9.59 Å². The summed E-state index contributed by atoms with van der Waals surface area (Å²) in [5, 5.41) is 0. The molecule has 24 heavy (non-hydrogen) atoms. The van der Waals surface area contributed by atoms with Gasteiger partial charge in [-0.2, -0.15) is 0 Å². The van der Waals surface area contributed by atoms with E-state index < -0.39 is 6.04 Å². The van der Waals surface area contributed by atoms with E-state index in [0.717, 1.165) is 57.4 Å². The van der Waals surface area contributed by atoms with Crippen LogP contribution in [-0.4, -0.2) is 47.8 Å². The van der Waals surface area contributed by atoms with Crippen LogP contribution in [0.1, 0.15) is 43.7 Å². The summed E-state index contributed by atoms with van der Waals surface area (Å²) in [6.45, 7) is 3.35. The van der Waals surface area contributed by atoms with Gasteiger partial charge in [-0.05, 0) is 37.2 Å².